The molecule has 3 aliphatic heterocycles. The molecule has 3 fully saturated rings. The summed E-state index contributed by atoms with van der Waals surface area (Å²) < 4.78 is 56.3. The van der Waals surface area contributed by atoms with E-state index in [9.17, 15) is 17.2 Å². The van der Waals surface area contributed by atoms with Gasteiger partial charge in [-0.3, -0.25) is 4.90 Å². The molecule has 0 saturated carbocycles. The van der Waals surface area contributed by atoms with Gasteiger partial charge in [0, 0.05) is 43.7 Å². The van der Waals surface area contributed by atoms with Crippen molar-refractivity contribution in [3.8, 4) is 0 Å². The molecule has 5 rings (SSSR count). The summed E-state index contributed by atoms with van der Waals surface area (Å²) in [5.41, 5.74) is 0.699. The summed E-state index contributed by atoms with van der Waals surface area (Å²) in [6.45, 7) is 5.98. The van der Waals surface area contributed by atoms with E-state index in [1.165, 1.54) is 35.5 Å². The lowest BCUT2D eigenvalue weighted by molar-refractivity contribution is 0.0965. The van der Waals surface area contributed by atoms with Crippen LogP contribution in [0, 0.1) is 24.5 Å². The normalized spacial score (nSPS) is 26.6. The van der Waals surface area contributed by atoms with Gasteiger partial charge in [0.15, 0.2) is 0 Å². The van der Waals surface area contributed by atoms with E-state index in [-0.39, 0.29) is 11.8 Å². The summed E-state index contributed by atoms with van der Waals surface area (Å²) in [6, 6.07) is 5.28. The average Bonchev–Trinajstić information content (AvgIpc) is 3.33. The number of fused-ring (bicyclic) bond motifs is 2. The largest absolute Gasteiger partial charge is 0.312 e. The lowest BCUT2D eigenvalue weighted by atomic mass is 9.78. The minimum Gasteiger partial charge on any atom is -0.312 e. The van der Waals surface area contributed by atoms with Gasteiger partial charge in [0.25, 0.3) is 0 Å². The second-order valence-corrected chi connectivity index (χ2v) is 13.2. The Hall–Kier alpha value is -1.91. The molecule has 0 radical (unpaired) electrons. The fourth-order valence-electron chi connectivity index (χ4n) is 7.31. The minimum absolute atomic E-state index is 0.00387. The average molecular weight is 536 g/mol. The monoisotopic (exact) mass is 535 g/mol. The second kappa shape index (κ2) is 10.7. The lowest BCUT2D eigenvalue weighted by Crippen LogP contribution is -2.45. The van der Waals surface area contributed by atoms with Crippen molar-refractivity contribution in [2.24, 2.45) is 5.92 Å². The van der Waals surface area contributed by atoms with Crippen molar-refractivity contribution in [3.05, 3.63) is 47.0 Å². The summed E-state index contributed by atoms with van der Waals surface area (Å²) in [7, 11) is -3.23. The van der Waals surface area contributed by atoms with Gasteiger partial charge in [-0.1, -0.05) is 6.92 Å². The van der Waals surface area contributed by atoms with Crippen molar-refractivity contribution < 1.29 is 17.2 Å². The predicted octanol–water partition coefficient (Wildman–Crippen LogP) is 4.44. The molecule has 37 heavy (non-hydrogen) atoms. The molecule has 0 spiro atoms. The van der Waals surface area contributed by atoms with Gasteiger partial charge in [-0.2, -0.15) is 0 Å². The van der Waals surface area contributed by atoms with Gasteiger partial charge in [-0.25, -0.2) is 21.5 Å². The van der Waals surface area contributed by atoms with Crippen molar-refractivity contribution >= 4 is 10.0 Å². The molecule has 2 bridgehead atoms. The Bertz CT molecular complexity index is 1180. The van der Waals surface area contributed by atoms with E-state index in [0.717, 1.165) is 49.9 Å². The highest BCUT2D eigenvalue weighted by atomic mass is 32.2. The van der Waals surface area contributed by atoms with Gasteiger partial charge in [0.1, 0.15) is 23.3 Å². The zero-order chi connectivity index (χ0) is 26.3. The number of halogens is 2. The van der Waals surface area contributed by atoms with Gasteiger partial charge in [-0.15, -0.1) is 10.2 Å². The van der Waals surface area contributed by atoms with Crippen LogP contribution in [0.3, 0.4) is 0 Å². The van der Waals surface area contributed by atoms with E-state index in [2.05, 4.69) is 26.6 Å². The number of benzene rings is 1. The Labute approximate surface area is 219 Å². The van der Waals surface area contributed by atoms with E-state index in [1.54, 1.807) is 0 Å². The third-order valence-corrected chi connectivity index (χ3v) is 10.3. The molecule has 3 saturated heterocycles. The molecule has 2 unspecified atom stereocenters. The molecular weight excluding hydrogens is 496 g/mol. The number of hydrogen-bond donors (Lipinski definition) is 0. The van der Waals surface area contributed by atoms with Crippen molar-refractivity contribution in [3.63, 3.8) is 0 Å². The molecule has 1 aromatic carbocycles. The number of sulfonamides is 1. The van der Waals surface area contributed by atoms with Gasteiger partial charge in [-0.05, 0) is 87.9 Å². The number of piperidine rings is 2. The highest BCUT2D eigenvalue weighted by molar-refractivity contribution is 7.88. The fourth-order valence-corrected chi connectivity index (χ4v) is 8.19. The Balaban J connectivity index is 1.30. The summed E-state index contributed by atoms with van der Waals surface area (Å²) in [6.07, 6.45) is 8.86. The fraction of sp³-hybridized carbons (Fsp3) is 0.704. The molecule has 7 nitrogen and oxygen atoms in total. The van der Waals surface area contributed by atoms with Crippen molar-refractivity contribution in [2.45, 2.75) is 89.3 Å². The standard InChI is InChI=1S/C27H39F2N5O2S/c1-4-27-31-30-18(2)34(27)25-16-23-5-6-24(17-25)33(23)12-9-26(20-13-21(28)15-22(29)14-20)19-7-10-32(11-8-19)37(3,35)36/h13-15,19,23-26H,4-12,16-17H2,1-3H3/t23?,24?,25?,26-/m1/s1. The SMILES string of the molecule is CCc1nnc(C)n1C1CC2CCC(C1)N2CC[C@@H](c1cc(F)cc(F)c1)C1CCN(S(C)(=O)=O)CC1. The van der Waals surface area contributed by atoms with Gasteiger partial charge in [0.05, 0.1) is 6.26 Å². The van der Waals surface area contributed by atoms with Crippen LogP contribution in [0.2, 0.25) is 0 Å². The highest BCUT2D eigenvalue weighted by Crippen LogP contribution is 2.43. The third-order valence-electron chi connectivity index (χ3n) is 9.03. The number of rotatable bonds is 8. The molecule has 0 N–H and O–H groups in total. The number of nitrogens with zero attached hydrogens (tertiary/aromatic N) is 5. The first-order valence-electron chi connectivity index (χ1n) is 13.7. The van der Waals surface area contributed by atoms with Crippen LogP contribution in [0.25, 0.3) is 0 Å². The molecule has 2 aromatic rings. The van der Waals surface area contributed by atoms with Crippen LogP contribution in [-0.4, -0.2) is 70.4 Å². The third kappa shape index (κ3) is 5.61. The quantitative estimate of drug-likeness (QED) is 0.500. The minimum atomic E-state index is -3.23. The Morgan fingerprint density at radius 1 is 0.973 bits per heavy atom. The van der Waals surface area contributed by atoms with Gasteiger partial charge in [0.2, 0.25) is 10.0 Å². The van der Waals surface area contributed by atoms with Crippen LogP contribution in [0.4, 0.5) is 8.78 Å². The van der Waals surface area contributed by atoms with Crippen molar-refractivity contribution in [2.75, 3.05) is 25.9 Å². The van der Waals surface area contributed by atoms with Crippen LogP contribution in [-0.2, 0) is 16.4 Å². The first-order valence-corrected chi connectivity index (χ1v) is 15.6. The van der Waals surface area contributed by atoms with Crippen LogP contribution >= 0.6 is 0 Å². The van der Waals surface area contributed by atoms with Gasteiger partial charge >= 0.3 is 0 Å². The molecule has 204 valence electrons. The van der Waals surface area contributed by atoms with E-state index >= 15 is 0 Å². The number of aromatic nitrogens is 3. The maximum absolute atomic E-state index is 14.2. The molecular formula is C27H39F2N5O2S. The van der Waals surface area contributed by atoms with E-state index < -0.39 is 21.7 Å². The van der Waals surface area contributed by atoms with E-state index in [0.29, 0.717) is 49.6 Å². The maximum Gasteiger partial charge on any atom is 0.211 e. The Morgan fingerprint density at radius 3 is 2.16 bits per heavy atom. The van der Waals surface area contributed by atoms with E-state index in [4.69, 9.17) is 0 Å². The van der Waals surface area contributed by atoms with Gasteiger partial charge < -0.3 is 4.57 Å². The Morgan fingerprint density at radius 2 is 1.59 bits per heavy atom. The topological polar surface area (TPSA) is 71.3 Å². The smallest absolute Gasteiger partial charge is 0.211 e. The van der Waals surface area contributed by atoms with Crippen molar-refractivity contribution in [1.29, 1.82) is 0 Å². The van der Waals surface area contributed by atoms with Crippen LogP contribution in [0.15, 0.2) is 18.2 Å². The molecule has 3 aliphatic rings. The van der Waals surface area contributed by atoms with Crippen LogP contribution < -0.4 is 0 Å². The number of aryl methyl sites for hydroxylation is 2. The summed E-state index contributed by atoms with van der Waals surface area (Å²) >= 11 is 0. The lowest BCUT2D eigenvalue weighted by Gasteiger charge is -2.41. The Kier molecular flexibility index (Phi) is 7.71. The van der Waals surface area contributed by atoms with Crippen molar-refractivity contribution in [1.82, 2.24) is 24.0 Å². The van der Waals surface area contributed by atoms with Crippen LogP contribution in [0.5, 0.6) is 0 Å². The van der Waals surface area contributed by atoms with Crippen LogP contribution in [0.1, 0.15) is 81.0 Å². The first-order chi connectivity index (χ1) is 17.6. The highest BCUT2D eigenvalue weighted by Gasteiger charge is 2.42. The summed E-state index contributed by atoms with van der Waals surface area (Å²) in [4.78, 5) is 2.64. The molecule has 0 aliphatic carbocycles. The second-order valence-electron chi connectivity index (χ2n) is 11.2. The molecule has 4 heterocycles. The molecule has 0 amide bonds. The number of hydrogen-bond acceptors (Lipinski definition) is 5. The molecule has 3 atom stereocenters. The molecule has 10 heteroatoms. The molecule has 1 aromatic heterocycles. The zero-order valence-electron chi connectivity index (χ0n) is 22.1. The van der Waals surface area contributed by atoms with E-state index in [1.807, 2.05) is 6.92 Å². The zero-order valence-corrected chi connectivity index (χ0v) is 22.9. The summed E-state index contributed by atoms with van der Waals surface area (Å²) in [5, 5.41) is 8.70. The predicted molar refractivity (Wildman–Crippen MR) is 139 cm³/mol. The summed E-state index contributed by atoms with van der Waals surface area (Å²) in [5.74, 6) is 1.14. The first kappa shape index (κ1) is 26.7. The maximum atomic E-state index is 14.2.